The molecule has 3 aromatic rings. The summed E-state index contributed by atoms with van der Waals surface area (Å²) in [5.41, 5.74) is -3.11. The van der Waals surface area contributed by atoms with Crippen LogP contribution in [-0.2, 0) is 23.9 Å². The van der Waals surface area contributed by atoms with Crippen LogP contribution in [0.1, 0.15) is 124 Å². The van der Waals surface area contributed by atoms with Crippen molar-refractivity contribution in [2.24, 2.45) is 53.3 Å². The molecule has 6 rings (SSSR count). The van der Waals surface area contributed by atoms with Gasteiger partial charge in [-0.05, 0) is 141 Å². The van der Waals surface area contributed by atoms with Crippen molar-refractivity contribution in [2.75, 3.05) is 0 Å². The molecular weight excluding hydrogens is 1080 g/mol. The minimum atomic E-state index is -5.71. The Hall–Kier alpha value is -1.80. The van der Waals surface area contributed by atoms with E-state index in [4.69, 9.17) is 4.18 Å². The van der Waals surface area contributed by atoms with Crippen LogP contribution in [-0.4, -0.2) is 25.5 Å². The molecule has 0 aromatic heterocycles. The predicted octanol–water partition coefficient (Wildman–Crippen LogP) is 16.4. The first kappa shape index (κ1) is 54.5. The summed E-state index contributed by atoms with van der Waals surface area (Å²) in [5.74, 6) is 3.05. The second kappa shape index (κ2) is 24.6. The third-order valence-electron chi connectivity index (χ3n) is 12.2. The van der Waals surface area contributed by atoms with E-state index in [1.54, 1.807) is 24.3 Å². The van der Waals surface area contributed by atoms with Crippen molar-refractivity contribution in [3.8, 4) is 0 Å². The highest BCUT2D eigenvalue weighted by molar-refractivity contribution is 9.13. The zero-order valence-corrected chi connectivity index (χ0v) is 44.4. The van der Waals surface area contributed by atoms with Crippen molar-refractivity contribution in [1.29, 1.82) is 0 Å². The van der Waals surface area contributed by atoms with Gasteiger partial charge in [-0.25, -0.2) is 0 Å². The van der Waals surface area contributed by atoms with E-state index in [9.17, 15) is 31.2 Å². The van der Waals surface area contributed by atoms with Gasteiger partial charge in [-0.3, -0.25) is 9.59 Å². The van der Waals surface area contributed by atoms with E-state index >= 15 is 0 Å². The van der Waals surface area contributed by atoms with Crippen LogP contribution >= 0.6 is 63.7 Å². The summed E-state index contributed by atoms with van der Waals surface area (Å²) in [4.78, 5) is 24.2. The minimum Gasteiger partial charge on any atom is -0.380 e. The largest absolute Gasteiger partial charge is 0.534 e. The molecule has 4 unspecified atom stereocenters. The number of hydrogen-bond acceptors (Lipinski definition) is 5. The van der Waals surface area contributed by atoms with Gasteiger partial charge in [0, 0.05) is 53.6 Å². The fourth-order valence-electron chi connectivity index (χ4n) is 8.61. The average Bonchev–Trinajstić information content (AvgIpc) is 3.17. The molecule has 0 aliphatic heterocycles. The molecule has 2 saturated carbocycles. The smallest absolute Gasteiger partial charge is 0.380 e. The Morgan fingerprint density at radius 1 is 0.613 bits per heavy atom. The van der Waals surface area contributed by atoms with Crippen molar-refractivity contribution in [3.05, 3.63) is 108 Å². The fourth-order valence-corrected chi connectivity index (χ4v) is 10.8. The quantitative estimate of drug-likeness (QED) is 0.174. The third kappa shape index (κ3) is 15.1. The molecule has 3 aliphatic rings. The standard InChI is InChI=1S/C17H20BrF3O3S.C16H21BrO.C10H18O.C6H4Br2/c1-10(2)12-9-8-11(3)15(13-6-4-5-7-14(13)18)16(12)24-25(22,23)17(19,20)21;1-10(2)12-9-8-11(3)15(16(12)18)13-6-4-5-7-14(13)17;1-7(2)9-5-4-8(3)6-10(9)11;7-5-3-1-2-4-6(5)8/h4-7,10-12H,8-9H2,1-3H3;4-7,10-12,15H,8-9H2,1-3H3;7-9H,4-6H2,1-3H3;1-4H/t11?,12-;11?,12-,15?;8?,9-;/m000./s1. The van der Waals surface area contributed by atoms with E-state index in [2.05, 4.69) is 111 Å². The highest BCUT2D eigenvalue weighted by Crippen LogP contribution is 2.47. The van der Waals surface area contributed by atoms with Gasteiger partial charge in [0.15, 0.2) is 0 Å². The van der Waals surface area contributed by atoms with Gasteiger partial charge in [0.25, 0.3) is 0 Å². The van der Waals surface area contributed by atoms with Gasteiger partial charge in [-0.2, -0.15) is 21.6 Å². The van der Waals surface area contributed by atoms with Crippen LogP contribution in [0.25, 0.3) is 5.57 Å². The molecule has 7 atom stereocenters. The van der Waals surface area contributed by atoms with E-state index in [1.807, 2.05) is 63.2 Å². The Labute approximate surface area is 402 Å². The zero-order valence-electron chi connectivity index (χ0n) is 37.2. The molecule has 3 aliphatic carbocycles. The summed E-state index contributed by atoms with van der Waals surface area (Å²) in [7, 11) is -5.71. The maximum absolute atomic E-state index is 12.9. The maximum Gasteiger partial charge on any atom is 0.534 e. The van der Waals surface area contributed by atoms with Gasteiger partial charge in [-0.1, -0.05) is 143 Å². The summed E-state index contributed by atoms with van der Waals surface area (Å²) >= 11 is 13.7. The molecule has 5 nitrogen and oxygen atoms in total. The molecule has 0 amide bonds. The first-order valence-corrected chi connectivity index (χ1v) is 26.2. The molecule has 0 spiro atoms. The van der Waals surface area contributed by atoms with Crippen LogP contribution in [0.4, 0.5) is 13.2 Å². The molecule has 2 fully saturated rings. The Morgan fingerprint density at radius 2 is 1.08 bits per heavy atom. The van der Waals surface area contributed by atoms with E-state index in [1.165, 1.54) is 12.0 Å². The molecule has 0 saturated heterocycles. The highest BCUT2D eigenvalue weighted by atomic mass is 79.9. The number of rotatable bonds is 7. The van der Waals surface area contributed by atoms with Gasteiger partial charge in [-0.15, -0.1) is 0 Å². The van der Waals surface area contributed by atoms with Crippen LogP contribution < -0.4 is 0 Å². The SMILES string of the molecule is Brc1ccccc1Br.CC1CC[C@@H](C(C)C)C(=O)C1.CC1CC[C@@H](C(C)C)C(=O)C1c1ccccc1Br.CC1CC[C@@H](C(C)C)C(OS(=O)(=O)C(F)(F)F)=C1c1ccccc1Br. The monoisotopic (exact) mass is 1140 g/mol. The summed E-state index contributed by atoms with van der Waals surface area (Å²) in [5, 5.41) is 0. The van der Waals surface area contributed by atoms with Crippen LogP contribution in [0.3, 0.4) is 0 Å². The van der Waals surface area contributed by atoms with Gasteiger partial charge >= 0.3 is 15.6 Å². The predicted molar refractivity (Wildman–Crippen MR) is 261 cm³/mol. The van der Waals surface area contributed by atoms with Crippen molar-refractivity contribution in [2.45, 2.75) is 119 Å². The molecule has 0 heterocycles. The summed E-state index contributed by atoms with van der Waals surface area (Å²) < 4.78 is 70.6. The normalized spacial score (nSPS) is 24.4. The number of carbonyl (C=O) groups is 2. The lowest BCUT2D eigenvalue weighted by atomic mass is 9.68. The second-order valence-corrected chi connectivity index (χ2v) is 22.9. The van der Waals surface area contributed by atoms with E-state index in [-0.39, 0.29) is 29.4 Å². The molecule has 0 bridgehead atoms. The maximum atomic E-state index is 12.9. The number of ketones is 2. The van der Waals surface area contributed by atoms with Crippen molar-refractivity contribution < 1.29 is 35.4 Å². The van der Waals surface area contributed by atoms with Crippen LogP contribution in [0.2, 0.25) is 0 Å². The second-order valence-electron chi connectivity index (χ2n) is 18.0. The fraction of sp³-hybridized carbons (Fsp3) is 0.551. The number of allylic oxidation sites excluding steroid dienone is 2. The third-order valence-corrected chi connectivity index (χ3v) is 16.5. The Bertz CT molecular complexity index is 2060. The van der Waals surface area contributed by atoms with Crippen LogP contribution in [0, 0.1) is 53.3 Å². The molecule has 3 aromatic carbocycles. The molecule has 0 radical (unpaired) electrons. The van der Waals surface area contributed by atoms with Gasteiger partial charge in [0.2, 0.25) is 0 Å². The van der Waals surface area contributed by atoms with Gasteiger partial charge in [0.1, 0.15) is 17.3 Å². The number of halogens is 7. The first-order chi connectivity index (χ1) is 28.9. The number of carbonyl (C=O) groups excluding carboxylic acids is 2. The minimum absolute atomic E-state index is 0.0524. The lowest BCUT2D eigenvalue weighted by molar-refractivity contribution is -0.129. The molecule has 62 heavy (non-hydrogen) atoms. The number of hydrogen-bond donors (Lipinski definition) is 0. The van der Waals surface area contributed by atoms with Crippen LogP contribution in [0.15, 0.2) is 96.4 Å². The Morgan fingerprint density at radius 3 is 1.55 bits per heavy atom. The Kier molecular flexibility index (Phi) is 21.7. The Balaban J connectivity index is 0.000000240. The topological polar surface area (TPSA) is 77.5 Å². The van der Waals surface area contributed by atoms with Crippen molar-refractivity contribution >= 4 is 91.0 Å². The van der Waals surface area contributed by atoms with Crippen molar-refractivity contribution in [3.63, 3.8) is 0 Å². The number of alkyl halides is 3. The molecular formula is C49H63Br4F3O5S. The summed E-state index contributed by atoms with van der Waals surface area (Å²) in [6.45, 7) is 18.6. The number of Topliss-reactive ketones (excluding diaryl/α,β-unsaturated/α-hetero) is 2. The molecule has 344 valence electrons. The van der Waals surface area contributed by atoms with E-state index in [0.29, 0.717) is 63.2 Å². The molecule has 0 N–H and O–H groups in total. The van der Waals surface area contributed by atoms with Gasteiger partial charge in [0.05, 0.1) is 0 Å². The highest BCUT2D eigenvalue weighted by Gasteiger charge is 2.50. The number of benzene rings is 3. The summed E-state index contributed by atoms with van der Waals surface area (Å²) in [6.07, 6.45) is 6.72. The first-order valence-electron chi connectivity index (χ1n) is 21.6. The van der Waals surface area contributed by atoms with Gasteiger partial charge < -0.3 is 4.18 Å². The molecule has 13 heteroatoms. The van der Waals surface area contributed by atoms with E-state index in [0.717, 1.165) is 45.5 Å². The lowest BCUT2D eigenvalue weighted by Crippen LogP contribution is -2.35. The summed E-state index contributed by atoms with van der Waals surface area (Å²) in [6, 6.07) is 23.2. The average molecular weight is 1140 g/mol. The van der Waals surface area contributed by atoms with Crippen molar-refractivity contribution in [1.82, 2.24) is 0 Å². The van der Waals surface area contributed by atoms with Crippen LogP contribution in [0.5, 0.6) is 0 Å². The van der Waals surface area contributed by atoms with E-state index < -0.39 is 21.5 Å². The zero-order chi connectivity index (χ0) is 46.7. The lowest BCUT2D eigenvalue weighted by Gasteiger charge is -2.35.